The van der Waals surface area contributed by atoms with E-state index in [-0.39, 0.29) is 62.9 Å². The van der Waals surface area contributed by atoms with Gasteiger partial charge in [0.25, 0.3) is 5.91 Å². The quantitative estimate of drug-likeness (QED) is 0.0164. The van der Waals surface area contributed by atoms with Gasteiger partial charge in [-0.25, -0.2) is 0 Å². The smallest absolute Gasteiger partial charge is 0.305 e. The second-order valence-corrected chi connectivity index (χ2v) is 26.8. The van der Waals surface area contributed by atoms with E-state index in [1.54, 1.807) is 60.7 Å². The molecule has 0 bridgehead atoms. The molecule has 0 radical (unpaired) electrons. The molecule has 4 aromatic rings. The van der Waals surface area contributed by atoms with Crippen molar-refractivity contribution in [3.05, 3.63) is 132 Å². The molecule has 6 rings (SSSR count). The number of nitrogens with zero attached hydrogens (tertiary/aromatic N) is 2. The first kappa shape index (κ1) is 78.6. The Kier molecular flexibility index (Phi) is 30.9. The number of aromatic hydroxyl groups is 1. The zero-order valence-electron chi connectivity index (χ0n) is 55.2. The maximum Gasteiger partial charge on any atom is 0.305 e. The van der Waals surface area contributed by atoms with Gasteiger partial charge in [0.1, 0.15) is 66.2 Å². The molecule has 2 saturated heterocycles. The molecule has 12 amide bonds. The summed E-state index contributed by atoms with van der Waals surface area (Å²) >= 11 is 0. The van der Waals surface area contributed by atoms with E-state index >= 15 is 9.59 Å². The number of aromatic nitrogens is 1. The van der Waals surface area contributed by atoms with Crippen LogP contribution in [0, 0.1) is 17.2 Å². The molecule has 3 heterocycles. The number of hydrogen-bond acceptors (Lipinski definition) is 18. The fourth-order valence-corrected chi connectivity index (χ4v) is 13.0. The molecule has 0 saturated carbocycles. The zero-order valence-corrected chi connectivity index (χ0v) is 56.8. The fourth-order valence-electron chi connectivity index (χ4n) is 10.7. The molecule has 0 spiro atoms. The van der Waals surface area contributed by atoms with Gasteiger partial charge in [0.15, 0.2) is 5.96 Å². The number of carboxylic acids is 1. The Morgan fingerprint density at radius 1 is 0.700 bits per heavy atom. The summed E-state index contributed by atoms with van der Waals surface area (Å²) in [5.41, 5.74) is 12.9. The van der Waals surface area contributed by atoms with Gasteiger partial charge in [-0.05, 0) is 78.6 Å². The summed E-state index contributed by atoms with van der Waals surface area (Å²) in [4.78, 5) is 190. The highest BCUT2D eigenvalue weighted by Gasteiger charge is 2.40. The third-order valence-corrected chi connectivity index (χ3v) is 18.6. The van der Waals surface area contributed by atoms with E-state index in [4.69, 9.17) is 16.9 Å². The summed E-state index contributed by atoms with van der Waals surface area (Å²) in [5, 5.41) is 56.1. The van der Waals surface area contributed by atoms with Crippen molar-refractivity contribution in [2.45, 2.75) is 133 Å². The van der Waals surface area contributed by atoms with Gasteiger partial charge in [-0.3, -0.25) is 77.1 Å². The number of aliphatic carboxylic acids is 1. The summed E-state index contributed by atoms with van der Waals surface area (Å²) in [6.07, 6.45) is 1.23. The number of nitrogens with one attached hydrogen (secondary N) is 12. The van der Waals surface area contributed by atoms with E-state index in [0.717, 1.165) is 21.6 Å². The minimum atomic E-state index is -1.95. The molecule has 3 aromatic carbocycles. The van der Waals surface area contributed by atoms with Gasteiger partial charge in [0, 0.05) is 67.7 Å². The summed E-state index contributed by atoms with van der Waals surface area (Å²) in [6, 6.07) is 8.96. The van der Waals surface area contributed by atoms with Crippen molar-refractivity contribution >= 4 is 104 Å². The molecule has 0 aliphatic carbocycles. The van der Waals surface area contributed by atoms with Crippen LogP contribution in [-0.2, 0) is 76.8 Å². The van der Waals surface area contributed by atoms with Gasteiger partial charge in [-0.1, -0.05) is 109 Å². The molecule has 11 atom stereocenters. The van der Waals surface area contributed by atoms with Crippen LogP contribution in [-0.4, -0.2) is 201 Å². The van der Waals surface area contributed by atoms with Crippen molar-refractivity contribution in [1.29, 1.82) is 5.41 Å². The lowest BCUT2D eigenvalue weighted by Crippen LogP contribution is -2.61. The standard InChI is InChI=1S/C66H85FN16O15S2/c1-36(2)53-64(97)73-33-51(85)83-26-12-19-50(83)63(96)77-45(27-38-13-6-4-7-14-38)58(91)80-49(62(95)75-44(55(68)88)29-40-15-10-24-71-32-40)35-100-99-34-48(61(94)74-43(18-11-25-72-66(69)70)57(90)76-47(30-52(86)87)60(93)81-53)79-59(92)46(28-39-20-22-42(84)23-21-39)78-65(98)54(37(3)31-67)82-56(89)41-16-8-5-9-17-41/h4-10,13-17,20-24,32,36-37,43-50,53-54,84H,11-12,18-19,25-31,33-35H2,1-3H3,(H2,68,88)(H,73,97)(H,74,94)(H,75,95)(H,76,90)(H,77,96)(H,78,98)(H,79,92)(H,80,91)(H,81,93)(H,82,89)(H,86,87)(H4,69,70,72)/t37?,43-,44-,45-,46-,47-,48-,49-,50-,53-,54+/m0/s1. The number of phenolic OH excluding ortho intramolecular Hbond substituents is 1. The molecular formula is C66H85FN16O15S2. The second kappa shape index (κ2) is 39.3. The molecule has 34 heteroatoms. The van der Waals surface area contributed by atoms with Crippen molar-refractivity contribution in [3.63, 3.8) is 0 Å². The van der Waals surface area contributed by atoms with Gasteiger partial charge in [-0.2, -0.15) is 0 Å². The largest absolute Gasteiger partial charge is 0.508 e. The molecule has 18 N–H and O–H groups in total. The second-order valence-electron chi connectivity index (χ2n) is 24.2. The first-order chi connectivity index (χ1) is 47.7. The Bertz CT molecular complexity index is 3540. The first-order valence-electron chi connectivity index (χ1n) is 32.2. The highest BCUT2D eigenvalue weighted by Crippen LogP contribution is 2.25. The minimum Gasteiger partial charge on any atom is -0.508 e. The maximum atomic E-state index is 15.1. The Morgan fingerprint density at radius 3 is 1.97 bits per heavy atom. The molecule has 1 unspecified atom stereocenters. The van der Waals surface area contributed by atoms with E-state index < -0.39 is 186 Å². The lowest BCUT2D eigenvalue weighted by atomic mass is 9.99. The van der Waals surface area contributed by atoms with Crippen molar-refractivity contribution in [2.75, 3.05) is 37.8 Å². The Balaban J connectivity index is 1.44. The van der Waals surface area contributed by atoms with Crippen LogP contribution in [0.3, 0.4) is 0 Å². The van der Waals surface area contributed by atoms with E-state index in [9.17, 15) is 67.3 Å². The predicted octanol–water partition coefficient (Wildman–Crippen LogP) is -1.52. The molecule has 100 heavy (non-hydrogen) atoms. The van der Waals surface area contributed by atoms with Crippen LogP contribution in [0.2, 0.25) is 0 Å². The number of nitrogens with two attached hydrogens (primary N) is 2. The summed E-state index contributed by atoms with van der Waals surface area (Å²) in [7, 11) is 1.66. The number of benzene rings is 3. The van der Waals surface area contributed by atoms with Crippen molar-refractivity contribution in [1.82, 2.24) is 68.4 Å². The monoisotopic (exact) mass is 1420 g/mol. The van der Waals surface area contributed by atoms with E-state index in [1.807, 2.05) is 0 Å². The number of rotatable bonds is 24. The summed E-state index contributed by atoms with van der Waals surface area (Å²) in [5.74, 6) is -16.7. The van der Waals surface area contributed by atoms with Crippen LogP contribution in [0.25, 0.3) is 0 Å². The van der Waals surface area contributed by atoms with Gasteiger partial charge >= 0.3 is 5.97 Å². The van der Waals surface area contributed by atoms with Crippen LogP contribution in [0.4, 0.5) is 4.39 Å². The number of hydrogen-bond donors (Lipinski definition) is 16. The first-order valence-corrected chi connectivity index (χ1v) is 34.7. The lowest BCUT2D eigenvalue weighted by Gasteiger charge is -2.29. The molecule has 2 fully saturated rings. The molecule has 2 aliphatic heterocycles. The number of amides is 12. The zero-order chi connectivity index (χ0) is 73.0. The SMILES string of the molecule is CC(C)[C@@H]1NC(=O)[C@H](CC(=O)O)NC(=O)[C@H](CCCNC(=N)N)NC(=O)[C@@H](NC(=O)[C@H](Cc2ccc(O)cc2)NC(=O)[C@H](NC(=O)c2ccccc2)C(C)CF)CSSC[C@@H](C(=O)N[C@@H](Cc2cccnc2)C(N)=O)NC(=O)[C@H](Cc2ccccc2)NC(=O)[C@@H]2CCCN2C(=O)CNC1=O. The number of primary amides is 1. The summed E-state index contributed by atoms with van der Waals surface area (Å²) < 4.78 is 14.6. The number of halogens is 1. The molecule has 538 valence electrons. The average molecular weight is 1430 g/mol. The highest BCUT2D eigenvalue weighted by atomic mass is 33.1. The normalized spacial score (nSPS) is 21.3. The van der Waals surface area contributed by atoms with E-state index in [0.29, 0.717) is 23.1 Å². The number of carbonyl (C=O) groups is 13. The predicted molar refractivity (Wildman–Crippen MR) is 366 cm³/mol. The molecule has 31 nitrogen and oxygen atoms in total. The number of carbonyl (C=O) groups excluding carboxylic acids is 12. The number of pyridine rings is 1. The van der Waals surface area contributed by atoms with Gasteiger partial charge < -0.3 is 85.1 Å². The van der Waals surface area contributed by atoms with Crippen LogP contribution < -0.4 is 70.0 Å². The lowest BCUT2D eigenvalue weighted by molar-refractivity contribution is -0.142. The van der Waals surface area contributed by atoms with Crippen LogP contribution >= 0.6 is 21.6 Å². The Labute approximate surface area is 583 Å². The van der Waals surface area contributed by atoms with Gasteiger partial charge in [0.2, 0.25) is 65.0 Å². The third kappa shape index (κ3) is 24.9. The van der Waals surface area contributed by atoms with E-state index in [2.05, 4.69) is 63.5 Å². The molecular weight excluding hydrogens is 1340 g/mol. The summed E-state index contributed by atoms with van der Waals surface area (Å²) in [6.45, 7) is 2.56. The minimum absolute atomic E-state index is 0.0498. The average Bonchev–Trinajstić information content (AvgIpc) is 1.61. The molecule has 1 aromatic heterocycles. The Hall–Kier alpha value is -10.4. The Morgan fingerprint density at radius 2 is 1.33 bits per heavy atom. The number of guanidine groups is 1. The number of carboxylic acid groups (broad SMARTS) is 1. The van der Waals surface area contributed by atoms with Crippen LogP contribution in [0.15, 0.2) is 109 Å². The van der Waals surface area contributed by atoms with Crippen LogP contribution in [0.1, 0.15) is 79.9 Å². The maximum absolute atomic E-state index is 15.1. The topological polar surface area (TPSA) is 487 Å². The highest BCUT2D eigenvalue weighted by molar-refractivity contribution is 8.76. The van der Waals surface area contributed by atoms with Crippen molar-refractivity contribution in [3.8, 4) is 5.75 Å². The number of fused-ring (bicyclic) bond motifs is 1. The molecule has 2 aliphatic rings. The number of alkyl halides is 1. The van der Waals surface area contributed by atoms with Crippen molar-refractivity contribution in [2.24, 2.45) is 23.3 Å². The van der Waals surface area contributed by atoms with Gasteiger partial charge in [0.05, 0.1) is 19.6 Å². The van der Waals surface area contributed by atoms with Crippen molar-refractivity contribution < 1.29 is 76.9 Å². The van der Waals surface area contributed by atoms with Gasteiger partial charge in [-0.15, -0.1) is 0 Å². The fraction of sp³-hybridized carbons (Fsp3) is 0.439. The number of phenols is 1. The third-order valence-electron chi connectivity index (χ3n) is 16.1. The van der Waals surface area contributed by atoms with E-state index in [1.165, 1.54) is 74.5 Å². The van der Waals surface area contributed by atoms with Crippen LogP contribution in [0.5, 0.6) is 5.75 Å².